The molecule has 0 saturated heterocycles. The fourth-order valence-electron chi connectivity index (χ4n) is 4.08. The van der Waals surface area contributed by atoms with Crippen LogP contribution in [0.4, 0.5) is 5.69 Å². The van der Waals surface area contributed by atoms with Crippen molar-refractivity contribution in [3.8, 4) is 11.3 Å². The largest absolute Gasteiger partial charge is 0.382 e. The number of benzene rings is 2. The maximum atomic E-state index is 5.78. The highest BCUT2D eigenvalue weighted by Crippen LogP contribution is 2.32. The molecule has 1 heterocycles. The van der Waals surface area contributed by atoms with Gasteiger partial charge in [-0.25, -0.2) is 0 Å². The molecule has 0 amide bonds. The van der Waals surface area contributed by atoms with E-state index in [9.17, 15) is 0 Å². The summed E-state index contributed by atoms with van der Waals surface area (Å²) in [6, 6.07) is 17.8. The summed E-state index contributed by atoms with van der Waals surface area (Å²) in [7, 11) is 1.70. The highest BCUT2D eigenvalue weighted by atomic mass is 16.5. The van der Waals surface area contributed by atoms with Crippen molar-refractivity contribution >= 4 is 16.6 Å². The van der Waals surface area contributed by atoms with Crippen LogP contribution in [0.1, 0.15) is 37.7 Å². The van der Waals surface area contributed by atoms with E-state index in [2.05, 4.69) is 58.8 Å². The summed E-state index contributed by atoms with van der Waals surface area (Å²) in [5.41, 5.74) is 5.93. The molecule has 0 unspecified atom stereocenters. The Hall–Kier alpha value is -2.30. The van der Waals surface area contributed by atoms with Gasteiger partial charge in [0.05, 0.1) is 31.0 Å². The number of hydrogen-bond donors (Lipinski definition) is 2. The number of ether oxygens (including phenoxy) is 2. The lowest BCUT2D eigenvalue weighted by molar-refractivity contribution is 0.0617. The second-order valence-electron chi connectivity index (χ2n) is 7.68. The molecular formula is C24H30N2O2. The minimum absolute atomic E-state index is 0.560. The molecule has 1 aliphatic rings. The van der Waals surface area contributed by atoms with E-state index >= 15 is 0 Å². The minimum Gasteiger partial charge on any atom is -0.382 e. The Balaban J connectivity index is 1.64. The van der Waals surface area contributed by atoms with Crippen LogP contribution < -0.4 is 5.32 Å². The number of rotatable bonds is 8. The maximum Gasteiger partial charge on any atom is 0.0719 e. The maximum absolute atomic E-state index is 5.78. The molecular weight excluding hydrogens is 348 g/mol. The summed E-state index contributed by atoms with van der Waals surface area (Å²) in [6.07, 6.45) is 6.51. The third-order valence-corrected chi connectivity index (χ3v) is 5.54. The molecule has 0 spiro atoms. The van der Waals surface area contributed by atoms with E-state index in [4.69, 9.17) is 9.47 Å². The van der Waals surface area contributed by atoms with Crippen molar-refractivity contribution in [2.45, 2.75) is 44.8 Å². The van der Waals surface area contributed by atoms with Crippen LogP contribution in [-0.4, -0.2) is 31.3 Å². The summed E-state index contributed by atoms with van der Waals surface area (Å²) in [6.45, 7) is 1.84. The number of anilines is 1. The van der Waals surface area contributed by atoms with Crippen molar-refractivity contribution in [1.82, 2.24) is 4.98 Å². The molecule has 4 rings (SSSR count). The molecule has 4 nitrogen and oxygen atoms in total. The molecule has 1 fully saturated rings. The first-order chi connectivity index (χ1) is 13.8. The smallest absolute Gasteiger partial charge is 0.0719 e. The van der Waals surface area contributed by atoms with Gasteiger partial charge in [-0.3, -0.25) is 0 Å². The molecule has 0 atom stereocenters. The van der Waals surface area contributed by atoms with Crippen molar-refractivity contribution in [2.75, 3.05) is 25.6 Å². The van der Waals surface area contributed by atoms with Crippen LogP contribution >= 0.6 is 0 Å². The Morgan fingerprint density at radius 3 is 2.61 bits per heavy atom. The first-order valence-electron chi connectivity index (χ1n) is 10.4. The Morgan fingerprint density at radius 1 is 1.00 bits per heavy atom. The third-order valence-electron chi connectivity index (χ3n) is 5.54. The first-order valence-corrected chi connectivity index (χ1v) is 10.4. The molecule has 2 aromatic carbocycles. The molecule has 28 heavy (non-hydrogen) atoms. The van der Waals surface area contributed by atoms with Crippen molar-refractivity contribution in [3.05, 3.63) is 54.1 Å². The fourth-order valence-corrected chi connectivity index (χ4v) is 4.08. The normalized spacial score (nSPS) is 15.2. The van der Waals surface area contributed by atoms with E-state index in [0.717, 1.165) is 5.69 Å². The Bertz CT molecular complexity index is 882. The van der Waals surface area contributed by atoms with Crippen molar-refractivity contribution in [1.29, 1.82) is 0 Å². The minimum atomic E-state index is 0.560. The van der Waals surface area contributed by atoms with Crippen LogP contribution in [0.5, 0.6) is 0 Å². The number of fused-ring (bicyclic) bond motifs is 1. The SMILES string of the molecule is COCCOCc1cc(NC2CCCCC2)c2[nH]c(-c3ccccc3)cc2c1. The van der Waals surface area contributed by atoms with Crippen LogP contribution in [0.3, 0.4) is 0 Å². The van der Waals surface area contributed by atoms with Gasteiger partial charge in [0.25, 0.3) is 0 Å². The monoisotopic (exact) mass is 378 g/mol. The second-order valence-corrected chi connectivity index (χ2v) is 7.68. The molecule has 3 aromatic rings. The summed E-state index contributed by atoms with van der Waals surface area (Å²) in [5, 5.41) is 5.05. The van der Waals surface area contributed by atoms with Gasteiger partial charge in [-0.2, -0.15) is 0 Å². The van der Waals surface area contributed by atoms with E-state index in [1.165, 1.54) is 59.8 Å². The Labute approximate surface area is 167 Å². The van der Waals surface area contributed by atoms with Gasteiger partial charge in [-0.05, 0) is 42.2 Å². The van der Waals surface area contributed by atoms with Crippen molar-refractivity contribution in [2.24, 2.45) is 0 Å². The second kappa shape index (κ2) is 9.26. The lowest BCUT2D eigenvalue weighted by Gasteiger charge is -2.24. The lowest BCUT2D eigenvalue weighted by Crippen LogP contribution is -2.22. The zero-order chi connectivity index (χ0) is 19.2. The van der Waals surface area contributed by atoms with Gasteiger partial charge < -0.3 is 19.8 Å². The molecule has 1 aliphatic carbocycles. The standard InChI is InChI=1S/C24H30N2O2/c1-27-12-13-28-17-18-14-20-16-22(19-8-4-2-5-9-19)26-24(20)23(15-18)25-21-10-6-3-7-11-21/h2,4-5,8-9,14-16,21,25-26H,3,6-7,10-13,17H2,1H3. The van der Waals surface area contributed by atoms with Gasteiger partial charge in [0.15, 0.2) is 0 Å². The zero-order valence-electron chi connectivity index (χ0n) is 16.7. The van der Waals surface area contributed by atoms with Crippen LogP contribution in [0.2, 0.25) is 0 Å². The molecule has 2 N–H and O–H groups in total. The van der Waals surface area contributed by atoms with Gasteiger partial charge in [-0.15, -0.1) is 0 Å². The Morgan fingerprint density at radius 2 is 1.82 bits per heavy atom. The highest BCUT2D eigenvalue weighted by Gasteiger charge is 2.16. The summed E-state index contributed by atoms with van der Waals surface area (Å²) in [5.74, 6) is 0. The first kappa shape index (κ1) is 19.0. The number of aromatic amines is 1. The summed E-state index contributed by atoms with van der Waals surface area (Å²) in [4.78, 5) is 3.65. The number of hydrogen-bond acceptors (Lipinski definition) is 3. The summed E-state index contributed by atoms with van der Waals surface area (Å²) < 4.78 is 10.9. The average molecular weight is 379 g/mol. The van der Waals surface area contributed by atoms with Crippen LogP contribution in [-0.2, 0) is 16.1 Å². The summed E-state index contributed by atoms with van der Waals surface area (Å²) >= 11 is 0. The van der Waals surface area contributed by atoms with Crippen LogP contribution in [0, 0.1) is 0 Å². The van der Waals surface area contributed by atoms with Crippen molar-refractivity contribution in [3.63, 3.8) is 0 Å². The van der Waals surface area contributed by atoms with E-state index in [1.54, 1.807) is 7.11 Å². The topological polar surface area (TPSA) is 46.3 Å². The van der Waals surface area contributed by atoms with Gasteiger partial charge in [0.1, 0.15) is 0 Å². The number of methoxy groups -OCH3 is 1. The van der Waals surface area contributed by atoms with Gasteiger partial charge in [-0.1, -0.05) is 49.6 Å². The molecule has 4 heteroatoms. The molecule has 1 saturated carbocycles. The van der Waals surface area contributed by atoms with E-state index in [-0.39, 0.29) is 0 Å². The number of H-pyrrole nitrogens is 1. The van der Waals surface area contributed by atoms with Gasteiger partial charge in [0, 0.05) is 24.2 Å². The number of aromatic nitrogens is 1. The van der Waals surface area contributed by atoms with E-state index in [1.807, 2.05) is 0 Å². The predicted octanol–water partition coefficient (Wildman–Crippen LogP) is 5.74. The molecule has 0 radical (unpaired) electrons. The number of nitrogens with one attached hydrogen (secondary N) is 2. The predicted molar refractivity (Wildman–Crippen MR) is 116 cm³/mol. The quantitative estimate of drug-likeness (QED) is 0.491. The fraction of sp³-hybridized carbons (Fsp3) is 0.417. The highest BCUT2D eigenvalue weighted by molar-refractivity contribution is 5.95. The van der Waals surface area contributed by atoms with Crippen LogP contribution in [0.25, 0.3) is 22.2 Å². The zero-order valence-corrected chi connectivity index (χ0v) is 16.7. The third kappa shape index (κ3) is 4.57. The van der Waals surface area contributed by atoms with Gasteiger partial charge >= 0.3 is 0 Å². The van der Waals surface area contributed by atoms with Crippen LogP contribution in [0.15, 0.2) is 48.5 Å². The van der Waals surface area contributed by atoms with E-state index in [0.29, 0.717) is 25.9 Å². The molecule has 0 bridgehead atoms. The molecule has 0 aliphatic heterocycles. The van der Waals surface area contributed by atoms with Crippen molar-refractivity contribution < 1.29 is 9.47 Å². The van der Waals surface area contributed by atoms with Gasteiger partial charge in [0.2, 0.25) is 0 Å². The Kier molecular flexibility index (Phi) is 6.30. The lowest BCUT2D eigenvalue weighted by atomic mass is 9.95. The average Bonchev–Trinajstić information content (AvgIpc) is 3.17. The van der Waals surface area contributed by atoms with E-state index < -0.39 is 0 Å². The molecule has 1 aromatic heterocycles. The molecule has 148 valence electrons.